The van der Waals surface area contributed by atoms with Crippen LogP contribution < -0.4 is 5.32 Å². The molecule has 2 rings (SSSR count). The lowest BCUT2D eigenvalue weighted by Crippen LogP contribution is -2.45. The molecule has 1 aromatic rings. The molecule has 1 aliphatic rings. The minimum absolute atomic E-state index is 0.0609. The number of hydrogen-bond donors (Lipinski definition) is 1. The van der Waals surface area contributed by atoms with Gasteiger partial charge in [0.15, 0.2) is 0 Å². The molecular formula is C14H21N3O3. The molecule has 110 valence electrons. The van der Waals surface area contributed by atoms with Gasteiger partial charge in [0.05, 0.1) is 17.6 Å². The van der Waals surface area contributed by atoms with E-state index in [1.807, 2.05) is 13.0 Å². The summed E-state index contributed by atoms with van der Waals surface area (Å²) in [6, 6.07) is 6.81. The summed E-state index contributed by atoms with van der Waals surface area (Å²) in [6.45, 7) is 5.39. The predicted octanol–water partition coefficient (Wildman–Crippen LogP) is 1.58. The molecule has 1 aliphatic heterocycles. The van der Waals surface area contributed by atoms with Gasteiger partial charge in [0.2, 0.25) is 0 Å². The van der Waals surface area contributed by atoms with Crippen LogP contribution in [0.3, 0.4) is 0 Å². The lowest BCUT2D eigenvalue weighted by Gasteiger charge is -2.31. The second-order valence-corrected chi connectivity index (χ2v) is 5.24. The van der Waals surface area contributed by atoms with Crippen molar-refractivity contribution in [2.45, 2.75) is 19.1 Å². The molecule has 1 fully saturated rings. The van der Waals surface area contributed by atoms with E-state index in [1.165, 1.54) is 6.07 Å². The van der Waals surface area contributed by atoms with Crippen LogP contribution in [-0.4, -0.2) is 49.2 Å². The molecule has 1 saturated heterocycles. The molecule has 1 aromatic carbocycles. The average molecular weight is 279 g/mol. The first-order valence-electron chi connectivity index (χ1n) is 6.84. The zero-order valence-electron chi connectivity index (χ0n) is 11.9. The number of nitrogens with one attached hydrogen (secondary N) is 1. The van der Waals surface area contributed by atoms with Gasteiger partial charge in [-0.05, 0) is 19.5 Å². The van der Waals surface area contributed by atoms with Crippen LogP contribution in [0.4, 0.5) is 5.69 Å². The average Bonchev–Trinajstić information content (AvgIpc) is 2.45. The Hall–Kier alpha value is -1.50. The van der Waals surface area contributed by atoms with Crippen molar-refractivity contribution in [3.63, 3.8) is 0 Å². The topological polar surface area (TPSA) is 67.6 Å². The zero-order valence-corrected chi connectivity index (χ0v) is 11.9. The number of rotatable bonds is 5. The number of ether oxygens (including phenoxy) is 1. The molecule has 0 radical (unpaired) electrons. The number of non-ortho nitro benzene ring substituents is 1. The van der Waals surface area contributed by atoms with Crippen molar-refractivity contribution in [2.75, 3.05) is 33.3 Å². The Kier molecular flexibility index (Phi) is 5.05. The summed E-state index contributed by atoms with van der Waals surface area (Å²) in [5.74, 6) is 0. The van der Waals surface area contributed by atoms with Crippen molar-refractivity contribution in [3.05, 3.63) is 39.9 Å². The fraction of sp³-hybridized carbons (Fsp3) is 0.571. The van der Waals surface area contributed by atoms with Crippen LogP contribution in [0.5, 0.6) is 0 Å². The third kappa shape index (κ3) is 4.00. The molecule has 0 amide bonds. The van der Waals surface area contributed by atoms with Crippen LogP contribution in [0.2, 0.25) is 0 Å². The smallest absolute Gasteiger partial charge is 0.269 e. The first kappa shape index (κ1) is 14.9. The van der Waals surface area contributed by atoms with E-state index >= 15 is 0 Å². The third-order valence-corrected chi connectivity index (χ3v) is 3.57. The number of benzene rings is 1. The molecule has 6 nitrogen and oxygen atoms in total. The van der Waals surface area contributed by atoms with Gasteiger partial charge in [0, 0.05) is 37.8 Å². The van der Waals surface area contributed by atoms with Crippen molar-refractivity contribution >= 4 is 5.69 Å². The summed E-state index contributed by atoms with van der Waals surface area (Å²) in [5, 5.41) is 14.2. The van der Waals surface area contributed by atoms with Crippen molar-refractivity contribution in [3.8, 4) is 0 Å². The van der Waals surface area contributed by atoms with Crippen LogP contribution in [0.25, 0.3) is 0 Å². The van der Waals surface area contributed by atoms with Gasteiger partial charge in [-0.15, -0.1) is 0 Å². The largest absolute Gasteiger partial charge is 0.374 e. The number of nitro groups is 1. The van der Waals surface area contributed by atoms with E-state index in [4.69, 9.17) is 4.74 Å². The van der Waals surface area contributed by atoms with Crippen LogP contribution in [0.15, 0.2) is 24.3 Å². The van der Waals surface area contributed by atoms with Crippen molar-refractivity contribution < 1.29 is 9.66 Å². The highest BCUT2D eigenvalue weighted by atomic mass is 16.6. The molecule has 0 saturated carbocycles. The van der Waals surface area contributed by atoms with Crippen molar-refractivity contribution in [1.29, 1.82) is 0 Å². The van der Waals surface area contributed by atoms with E-state index in [0.29, 0.717) is 0 Å². The maximum absolute atomic E-state index is 10.8. The lowest BCUT2D eigenvalue weighted by atomic mass is 10.1. The fourth-order valence-corrected chi connectivity index (χ4v) is 2.32. The molecule has 0 aliphatic carbocycles. The van der Waals surface area contributed by atoms with E-state index in [-0.39, 0.29) is 22.8 Å². The second-order valence-electron chi connectivity index (χ2n) is 5.24. The molecule has 1 heterocycles. The van der Waals surface area contributed by atoms with E-state index in [2.05, 4.69) is 17.3 Å². The van der Waals surface area contributed by atoms with Gasteiger partial charge in [0.1, 0.15) is 0 Å². The van der Waals surface area contributed by atoms with Gasteiger partial charge in [0.25, 0.3) is 5.69 Å². The van der Waals surface area contributed by atoms with E-state index < -0.39 is 0 Å². The number of morpholine rings is 1. The highest BCUT2D eigenvalue weighted by Crippen LogP contribution is 2.19. The van der Waals surface area contributed by atoms with E-state index in [0.717, 1.165) is 31.8 Å². The van der Waals surface area contributed by atoms with Gasteiger partial charge < -0.3 is 15.0 Å². The standard InChI is InChI=1S/C14H21N3O3/c1-11(12-4-3-5-13(8-12)17(18)19)15-9-14-10-16(2)6-7-20-14/h3-5,8,11,14-15H,6-7,9-10H2,1-2H3. The van der Waals surface area contributed by atoms with Gasteiger partial charge >= 0.3 is 0 Å². The Morgan fingerprint density at radius 1 is 1.60 bits per heavy atom. The minimum Gasteiger partial charge on any atom is -0.374 e. The molecule has 0 bridgehead atoms. The third-order valence-electron chi connectivity index (χ3n) is 3.57. The number of nitro benzene ring substituents is 1. The van der Waals surface area contributed by atoms with Gasteiger partial charge in [-0.3, -0.25) is 10.1 Å². The number of hydrogen-bond acceptors (Lipinski definition) is 5. The van der Waals surface area contributed by atoms with Crippen molar-refractivity contribution in [1.82, 2.24) is 10.2 Å². The normalized spacial score (nSPS) is 21.6. The predicted molar refractivity (Wildman–Crippen MR) is 76.8 cm³/mol. The summed E-state index contributed by atoms with van der Waals surface area (Å²) in [5.41, 5.74) is 1.05. The molecule has 20 heavy (non-hydrogen) atoms. The summed E-state index contributed by atoms with van der Waals surface area (Å²) in [6.07, 6.45) is 0.176. The zero-order chi connectivity index (χ0) is 14.5. The Labute approximate surface area is 118 Å². The van der Waals surface area contributed by atoms with E-state index in [1.54, 1.807) is 12.1 Å². The van der Waals surface area contributed by atoms with Crippen molar-refractivity contribution in [2.24, 2.45) is 0 Å². The molecule has 6 heteroatoms. The van der Waals surface area contributed by atoms with Crippen LogP contribution in [0.1, 0.15) is 18.5 Å². The first-order chi connectivity index (χ1) is 9.56. The number of nitrogens with zero attached hydrogens (tertiary/aromatic N) is 2. The Morgan fingerprint density at radius 2 is 2.40 bits per heavy atom. The van der Waals surface area contributed by atoms with Crippen LogP contribution in [0, 0.1) is 10.1 Å². The molecule has 2 atom stereocenters. The molecule has 0 spiro atoms. The summed E-state index contributed by atoms with van der Waals surface area (Å²) >= 11 is 0. The Morgan fingerprint density at radius 3 is 3.10 bits per heavy atom. The van der Waals surface area contributed by atoms with Gasteiger partial charge in [-0.1, -0.05) is 12.1 Å². The summed E-state index contributed by atoms with van der Waals surface area (Å²) in [4.78, 5) is 12.7. The second kappa shape index (κ2) is 6.78. The molecule has 0 aromatic heterocycles. The first-order valence-corrected chi connectivity index (χ1v) is 6.84. The maximum Gasteiger partial charge on any atom is 0.269 e. The Balaban J connectivity index is 1.89. The summed E-state index contributed by atoms with van der Waals surface area (Å²) in [7, 11) is 2.08. The SMILES string of the molecule is CC(NCC1CN(C)CCO1)c1cccc([N+](=O)[O-])c1. The molecule has 2 unspecified atom stereocenters. The fourth-order valence-electron chi connectivity index (χ4n) is 2.32. The van der Waals surface area contributed by atoms with Crippen LogP contribution >= 0.6 is 0 Å². The molecular weight excluding hydrogens is 258 g/mol. The Bertz CT molecular complexity index is 467. The number of likely N-dealkylation sites (N-methyl/N-ethyl adjacent to an activating group) is 1. The van der Waals surface area contributed by atoms with E-state index in [9.17, 15) is 10.1 Å². The highest BCUT2D eigenvalue weighted by Gasteiger charge is 2.18. The van der Waals surface area contributed by atoms with Gasteiger partial charge in [-0.25, -0.2) is 0 Å². The quantitative estimate of drug-likeness (QED) is 0.654. The highest BCUT2D eigenvalue weighted by molar-refractivity contribution is 5.35. The minimum atomic E-state index is -0.366. The lowest BCUT2D eigenvalue weighted by molar-refractivity contribution is -0.384. The van der Waals surface area contributed by atoms with Crippen LogP contribution in [-0.2, 0) is 4.74 Å². The monoisotopic (exact) mass is 279 g/mol. The summed E-state index contributed by atoms with van der Waals surface area (Å²) < 4.78 is 5.68. The molecule has 1 N–H and O–H groups in total. The maximum atomic E-state index is 10.8. The van der Waals surface area contributed by atoms with Gasteiger partial charge in [-0.2, -0.15) is 0 Å².